The van der Waals surface area contributed by atoms with Crippen LogP contribution < -0.4 is 4.90 Å². The highest BCUT2D eigenvalue weighted by Gasteiger charge is 2.25. The fourth-order valence-electron chi connectivity index (χ4n) is 2.73. The molecule has 1 aromatic heterocycles. The van der Waals surface area contributed by atoms with Crippen molar-refractivity contribution >= 4 is 23.2 Å². The number of nitrogens with zero attached hydrogens (tertiary/aromatic N) is 3. The number of carbonyl (C=O) groups excluding carboxylic acids is 1. The first-order chi connectivity index (χ1) is 11.1. The van der Waals surface area contributed by atoms with Crippen molar-refractivity contribution in [2.75, 3.05) is 31.1 Å². The molecule has 0 atom stereocenters. The summed E-state index contributed by atoms with van der Waals surface area (Å²) in [5.41, 5.74) is 1.41. The minimum absolute atomic E-state index is 0.0886. The van der Waals surface area contributed by atoms with E-state index in [1.807, 2.05) is 13.0 Å². The van der Waals surface area contributed by atoms with E-state index in [2.05, 4.69) is 11.0 Å². The Morgan fingerprint density at radius 3 is 2.57 bits per heavy atom. The number of benzene rings is 1. The third-order valence-corrected chi connectivity index (χ3v) is 4.17. The topological polar surface area (TPSA) is 60.5 Å². The number of halogens is 1. The van der Waals surface area contributed by atoms with Gasteiger partial charge in [0.1, 0.15) is 11.8 Å². The maximum absolute atomic E-state index is 12.4. The SMILES string of the molecule is Cc1ccc(C(=O)N2CCN(c3ccc(Cl)cc3C#N)CC2)o1. The van der Waals surface area contributed by atoms with E-state index in [4.69, 9.17) is 16.0 Å². The number of nitriles is 1. The molecule has 118 valence electrons. The van der Waals surface area contributed by atoms with Gasteiger partial charge in [0.15, 0.2) is 5.76 Å². The minimum atomic E-state index is -0.0886. The molecule has 1 aromatic carbocycles. The largest absolute Gasteiger partial charge is 0.456 e. The monoisotopic (exact) mass is 329 g/mol. The Bertz CT molecular complexity index is 770. The van der Waals surface area contributed by atoms with E-state index in [0.717, 1.165) is 11.4 Å². The Labute approximate surface area is 139 Å². The zero-order valence-electron chi connectivity index (χ0n) is 12.8. The van der Waals surface area contributed by atoms with E-state index in [1.54, 1.807) is 29.2 Å². The van der Waals surface area contributed by atoms with Crippen LogP contribution in [0, 0.1) is 18.3 Å². The molecule has 0 aliphatic carbocycles. The van der Waals surface area contributed by atoms with E-state index < -0.39 is 0 Å². The highest BCUT2D eigenvalue weighted by molar-refractivity contribution is 6.30. The summed E-state index contributed by atoms with van der Waals surface area (Å²) in [7, 11) is 0. The van der Waals surface area contributed by atoms with Gasteiger partial charge in [0.25, 0.3) is 5.91 Å². The molecule has 0 bridgehead atoms. The Morgan fingerprint density at radius 2 is 1.96 bits per heavy atom. The van der Waals surface area contributed by atoms with Gasteiger partial charge < -0.3 is 14.2 Å². The highest BCUT2D eigenvalue weighted by atomic mass is 35.5. The lowest BCUT2D eigenvalue weighted by Gasteiger charge is -2.36. The minimum Gasteiger partial charge on any atom is -0.456 e. The summed E-state index contributed by atoms with van der Waals surface area (Å²) < 4.78 is 5.40. The van der Waals surface area contributed by atoms with Crippen molar-refractivity contribution in [2.45, 2.75) is 6.92 Å². The third kappa shape index (κ3) is 3.17. The van der Waals surface area contributed by atoms with Gasteiger partial charge in [-0.25, -0.2) is 0 Å². The number of carbonyl (C=O) groups is 1. The standard InChI is InChI=1S/C17H16ClN3O2/c1-12-2-5-16(23-12)17(22)21-8-6-20(7-9-21)15-4-3-14(18)10-13(15)11-19/h2-5,10H,6-9H2,1H3. The van der Waals surface area contributed by atoms with Gasteiger partial charge in [-0.05, 0) is 37.3 Å². The number of hydrogen-bond acceptors (Lipinski definition) is 4. The van der Waals surface area contributed by atoms with E-state index in [0.29, 0.717) is 42.5 Å². The average Bonchev–Trinajstić information content (AvgIpc) is 3.00. The van der Waals surface area contributed by atoms with E-state index in [9.17, 15) is 10.1 Å². The molecule has 1 saturated heterocycles. The lowest BCUT2D eigenvalue weighted by Crippen LogP contribution is -2.49. The smallest absolute Gasteiger partial charge is 0.289 e. The highest BCUT2D eigenvalue weighted by Crippen LogP contribution is 2.25. The summed E-state index contributed by atoms with van der Waals surface area (Å²) >= 11 is 5.94. The third-order valence-electron chi connectivity index (χ3n) is 3.94. The number of amides is 1. The maximum atomic E-state index is 12.4. The predicted octanol–water partition coefficient (Wildman–Crippen LogP) is 3.08. The normalized spacial score (nSPS) is 14.7. The number of hydrogen-bond donors (Lipinski definition) is 0. The quantitative estimate of drug-likeness (QED) is 0.849. The molecule has 0 N–H and O–H groups in total. The predicted molar refractivity (Wildman–Crippen MR) is 87.7 cm³/mol. The molecule has 0 radical (unpaired) electrons. The summed E-state index contributed by atoms with van der Waals surface area (Å²) in [6.07, 6.45) is 0. The second-order valence-electron chi connectivity index (χ2n) is 5.46. The summed E-state index contributed by atoms with van der Waals surface area (Å²) in [6.45, 7) is 4.33. The molecular formula is C17H16ClN3O2. The molecule has 2 aromatic rings. The molecule has 6 heteroatoms. The van der Waals surface area contributed by atoms with Crippen molar-refractivity contribution in [1.29, 1.82) is 5.26 Å². The fraction of sp³-hybridized carbons (Fsp3) is 0.294. The summed E-state index contributed by atoms with van der Waals surface area (Å²) in [6, 6.07) is 11.0. The van der Waals surface area contributed by atoms with Crippen LogP contribution in [-0.4, -0.2) is 37.0 Å². The molecular weight excluding hydrogens is 314 g/mol. The number of aryl methyl sites for hydroxylation is 1. The van der Waals surface area contributed by atoms with Crippen LogP contribution in [0.15, 0.2) is 34.7 Å². The number of rotatable bonds is 2. The van der Waals surface area contributed by atoms with Gasteiger partial charge in [-0.3, -0.25) is 4.79 Å². The van der Waals surface area contributed by atoms with Crippen molar-refractivity contribution in [3.05, 3.63) is 52.4 Å². The lowest BCUT2D eigenvalue weighted by molar-refractivity contribution is 0.0713. The van der Waals surface area contributed by atoms with Crippen LogP contribution in [0.25, 0.3) is 0 Å². The zero-order chi connectivity index (χ0) is 16.4. The van der Waals surface area contributed by atoms with E-state index in [-0.39, 0.29) is 5.91 Å². The first-order valence-electron chi connectivity index (χ1n) is 7.39. The summed E-state index contributed by atoms with van der Waals surface area (Å²) in [5.74, 6) is 1.02. The molecule has 0 saturated carbocycles. The fourth-order valence-corrected chi connectivity index (χ4v) is 2.90. The van der Waals surface area contributed by atoms with Crippen LogP contribution >= 0.6 is 11.6 Å². The molecule has 2 heterocycles. The maximum Gasteiger partial charge on any atom is 0.289 e. The first-order valence-corrected chi connectivity index (χ1v) is 7.76. The van der Waals surface area contributed by atoms with Gasteiger partial charge >= 0.3 is 0 Å². The number of furan rings is 1. The molecule has 1 aliphatic rings. The molecule has 1 aliphatic heterocycles. The van der Waals surface area contributed by atoms with Gasteiger partial charge in [-0.15, -0.1) is 0 Å². The van der Waals surface area contributed by atoms with E-state index in [1.165, 1.54) is 0 Å². The van der Waals surface area contributed by atoms with Crippen molar-refractivity contribution < 1.29 is 9.21 Å². The summed E-state index contributed by atoms with van der Waals surface area (Å²) in [5, 5.41) is 9.80. The van der Waals surface area contributed by atoms with Crippen LogP contribution in [0.4, 0.5) is 5.69 Å². The number of piperazine rings is 1. The second kappa shape index (κ2) is 6.35. The van der Waals surface area contributed by atoms with Crippen molar-refractivity contribution in [2.24, 2.45) is 0 Å². The molecule has 1 fully saturated rings. The first kappa shape index (κ1) is 15.4. The Kier molecular flexibility index (Phi) is 4.26. The van der Waals surface area contributed by atoms with Gasteiger partial charge in [0, 0.05) is 31.2 Å². The molecule has 0 spiro atoms. The molecule has 3 rings (SSSR count). The Morgan fingerprint density at radius 1 is 1.22 bits per heavy atom. The van der Waals surface area contributed by atoms with Crippen molar-refractivity contribution in [1.82, 2.24) is 4.90 Å². The Balaban J connectivity index is 1.69. The van der Waals surface area contributed by atoms with Crippen molar-refractivity contribution in [3.8, 4) is 6.07 Å². The lowest BCUT2D eigenvalue weighted by atomic mass is 10.1. The second-order valence-corrected chi connectivity index (χ2v) is 5.90. The molecule has 5 nitrogen and oxygen atoms in total. The van der Waals surface area contributed by atoms with E-state index >= 15 is 0 Å². The van der Waals surface area contributed by atoms with Crippen LogP contribution in [0.3, 0.4) is 0 Å². The van der Waals surface area contributed by atoms with Crippen LogP contribution in [0.5, 0.6) is 0 Å². The van der Waals surface area contributed by atoms with Gasteiger partial charge in [-0.1, -0.05) is 11.6 Å². The Hall–Kier alpha value is -2.45. The van der Waals surface area contributed by atoms with Crippen LogP contribution in [0.1, 0.15) is 21.9 Å². The zero-order valence-corrected chi connectivity index (χ0v) is 13.5. The van der Waals surface area contributed by atoms with Crippen LogP contribution in [0.2, 0.25) is 5.02 Å². The van der Waals surface area contributed by atoms with Gasteiger partial charge in [-0.2, -0.15) is 5.26 Å². The van der Waals surface area contributed by atoms with Gasteiger partial charge in [0.2, 0.25) is 0 Å². The van der Waals surface area contributed by atoms with Crippen molar-refractivity contribution in [3.63, 3.8) is 0 Å². The molecule has 23 heavy (non-hydrogen) atoms. The van der Waals surface area contributed by atoms with Gasteiger partial charge in [0.05, 0.1) is 11.3 Å². The average molecular weight is 330 g/mol. The summed E-state index contributed by atoms with van der Waals surface area (Å²) in [4.78, 5) is 16.2. The number of anilines is 1. The molecule has 1 amide bonds. The van der Waals surface area contributed by atoms with Crippen LogP contribution in [-0.2, 0) is 0 Å². The molecule has 0 unspecified atom stereocenters.